The molecular weight excluding hydrogens is 242 g/mol. The predicted octanol–water partition coefficient (Wildman–Crippen LogP) is 3.28. The van der Waals surface area contributed by atoms with Crippen molar-refractivity contribution >= 4 is 23.4 Å². The second-order valence-corrected chi connectivity index (χ2v) is 6.27. The third kappa shape index (κ3) is 4.24. The molecule has 0 unspecified atom stereocenters. The maximum atomic E-state index is 9.28. The van der Waals surface area contributed by atoms with Crippen molar-refractivity contribution < 1.29 is 5.11 Å². The number of thioether (sulfide) groups is 1. The topological polar surface area (TPSA) is 32.3 Å². The van der Waals surface area contributed by atoms with Crippen LogP contribution in [0.15, 0.2) is 18.2 Å². The molecule has 0 aliphatic carbocycles. The fraction of sp³-hybridized carbons (Fsp3) is 0.500. The summed E-state index contributed by atoms with van der Waals surface area (Å²) in [6.45, 7) is 6.11. The fourth-order valence-corrected chi connectivity index (χ4v) is 1.69. The number of phenolic OH excluding ortho intramolecular Hbond substituents is 1. The summed E-state index contributed by atoms with van der Waals surface area (Å²) in [4.78, 5) is 0. The van der Waals surface area contributed by atoms with Crippen molar-refractivity contribution in [2.75, 3.05) is 12.8 Å². The zero-order chi connectivity index (χ0) is 12.2. The highest BCUT2D eigenvalue weighted by Gasteiger charge is 2.14. The third-order valence-electron chi connectivity index (χ3n) is 2.44. The number of hydrogen-bond donors (Lipinski definition) is 2. The van der Waals surface area contributed by atoms with Gasteiger partial charge >= 0.3 is 0 Å². The van der Waals surface area contributed by atoms with Gasteiger partial charge in [0.15, 0.2) is 0 Å². The van der Waals surface area contributed by atoms with E-state index in [0.29, 0.717) is 5.02 Å². The molecule has 2 N–H and O–H groups in total. The van der Waals surface area contributed by atoms with E-state index in [1.807, 2.05) is 17.8 Å². The Morgan fingerprint density at radius 1 is 1.44 bits per heavy atom. The highest BCUT2D eigenvalue weighted by molar-refractivity contribution is 7.99. The Morgan fingerprint density at radius 2 is 2.12 bits per heavy atom. The minimum Gasteiger partial charge on any atom is -0.506 e. The maximum absolute atomic E-state index is 9.28. The molecule has 0 aliphatic heterocycles. The maximum Gasteiger partial charge on any atom is 0.134 e. The second kappa shape index (κ2) is 5.80. The first-order valence-electron chi connectivity index (χ1n) is 5.18. The summed E-state index contributed by atoms with van der Waals surface area (Å²) in [7, 11) is 0. The molecule has 16 heavy (non-hydrogen) atoms. The molecule has 90 valence electrons. The van der Waals surface area contributed by atoms with E-state index in [9.17, 15) is 5.11 Å². The zero-order valence-electron chi connectivity index (χ0n) is 9.88. The van der Waals surface area contributed by atoms with Gasteiger partial charge in [0.1, 0.15) is 5.75 Å². The normalized spacial score (nSPS) is 11.8. The summed E-state index contributed by atoms with van der Waals surface area (Å²) in [6.07, 6.45) is 2.11. The minimum absolute atomic E-state index is 0.134. The van der Waals surface area contributed by atoms with Crippen molar-refractivity contribution in [3.63, 3.8) is 0 Å². The molecule has 0 fully saturated rings. The molecule has 0 spiro atoms. The minimum atomic E-state index is 0.134. The average Bonchev–Trinajstić information content (AvgIpc) is 2.23. The van der Waals surface area contributed by atoms with Gasteiger partial charge in [-0.05, 0) is 37.8 Å². The molecule has 0 amide bonds. The molecule has 0 bridgehead atoms. The lowest BCUT2D eigenvalue weighted by Crippen LogP contribution is -2.31. The molecule has 0 saturated carbocycles. The standard InChI is InChI=1S/C12H18ClNOS/c1-12(2,16-3)8-14-7-9-4-5-11(15)10(13)6-9/h4-6,14-15H,7-8H2,1-3H3. The van der Waals surface area contributed by atoms with Gasteiger partial charge in [0.2, 0.25) is 0 Å². The molecule has 0 saturated heterocycles. The Kier molecular flexibility index (Phi) is 4.96. The van der Waals surface area contributed by atoms with Gasteiger partial charge in [-0.1, -0.05) is 17.7 Å². The molecule has 1 rings (SSSR count). The Labute approximate surface area is 106 Å². The van der Waals surface area contributed by atoms with Crippen LogP contribution >= 0.6 is 23.4 Å². The predicted molar refractivity (Wildman–Crippen MR) is 72.4 cm³/mol. The smallest absolute Gasteiger partial charge is 0.134 e. The van der Waals surface area contributed by atoms with Crippen LogP contribution in [-0.4, -0.2) is 22.7 Å². The van der Waals surface area contributed by atoms with E-state index in [4.69, 9.17) is 11.6 Å². The number of hydrogen-bond acceptors (Lipinski definition) is 3. The van der Waals surface area contributed by atoms with E-state index in [-0.39, 0.29) is 10.5 Å². The molecular formula is C12H18ClNOS. The highest BCUT2D eigenvalue weighted by atomic mass is 35.5. The third-order valence-corrected chi connectivity index (χ3v) is 4.00. The van der Waals surface area contributed by atoms with Crippen LogP contribution < -0.4 is 5.32 Å². The van der Waals surface area contributed by atoms with Crippen LogP contribution in [0.25, 0.3) is 0 Å². The molecule has 0 heterocycles. The molecule has 0 aliphatic rings. The molecule has 1 aromatic rings. The van der Waals surface area contributed by atoms with Crippen molar-refractivity contribution in [1.82, 2.24) is 5.32 Å². The number of halogens is 1. The summed E-state index contributed by atoms with van der Waals surface area (Å²) in [6, 6.07) is 5.29. The van der Waals surface area contributed by atoms with E-state index in [2.05, 4.69) is 25.4 Å². The van der Waals surface area contributed by atoms with Crippen LogP contribution in [0, 0.1) is 0 Å². The first-order valence-corrected chi connectivity index (χ1v) is 6.78. The van der Waals surface area contributed by atoms with Crippen LogP contribution in [0.2, 0.25) is 5.02 Å². The monoisotopic (exact) mass is 259 g/mol. The first-order chi connectivity index (χ1) is 7.44. The molecule has 1 aromatic carbocycles. The Balaban J connectivity index is 2.46. The van der Waals surface area contributed by atoms with Gasteiger partial charge in [0.05, 0.1) is 5.02 Å². The van der Waals surface area contributed by atoms with Crippen molar-refractivity contribution in [1.29, 1.82) is 0 Å². The quantitative estimate of drug-likeness (QED) is 0.851. The van der Waals surface area contributed by atoms with E-state index in [1.165, 1.54) is 0 Å². The summed E-state index contributed by atoms with van der Waals surface area (Å²) in [5, 5.41) is 13.1. The number of rotatable bonds is 5. The average molecular weight is 260 g/mol. The van der Waals surface area contributed by atoms with Crippen LogP contribution in [0.4, 0.5) is 0 Å². The first kappa shape index (κ1) is 13.7. The van der Waals surface area contributed by atoms with E-state index in [0.717, 1.165) is 18.7 Å². The van der Waals surface area contributed by atoms with Gasteiger partial charge in [-0.3, -0.25) is 0 Å². The van der Waals surface area contributed by atoms with Gasteiger partial charge in [0.25, 0.3) is 0 Å². The van der Waals surface area contributed by atoms with Crippen LogP contribution in [0.1, 0.15) is 19.4 Å². The number of nitrogens with one attached hydrogen (secondary N) is 1. The van der Waals surface area contributed by atoms with Crippen molar-refractivity contribution in [3.8, 4) is 5.75 Å². The zero-order valence-corrected chi connectivity index (χ0v) is 11.5. The van der Waals surface area contributed by atoms with Gasteiger partial charge < -0.3 is 10.4 Å². The fourth-order valence-electron chi connectivity index (χ4n) is 1.24. The molecule has 0 radical (unpaired) electrons. The van der Waals surface area contributed by atoms with Crippen molar-refractivity contribution in [3.05, 3.63) is 28.8 Å². The largest absolute Gasteiger partial charge is 0.506 e. The SMILES string of the molecule is CSC(C)(C)CNCc1ccc(O)c(Cl)c1. The summed E-state index contributed by atoms with van der Waals surface area (Å²) in [5.41, 5.74) is 1.08. The number of benzene rings is 1. The second-order valence-electron chi connectivity index (χ2n) is 4.35. The van der Waals surface area contributed by atoms with Gasteiger partial charge in [0, 0.05) is 17.8 Å². The van der Waals surface area contributed by atoms with E-state index >= 15 is 0 Å². The molecule has 0 aromatic heterocycles. The van der Waals surface area contributed by atoms with E-state index in [1.54, 1.807) is 12.1 Å². The summed E-state index contributed by atoms with van der Waals surface area (Å²) >= 11 is 7.67. The Morgan fingerprint density at radius 3 is 2.69 bits per heavy atom. The number of aromatic hydroxyl groups is 1. The lowest BCUT2D eigenvalue weighted by Gasteiger charge is -2.22. The van der Waals surface area contributed by atoms with Crippen molar-refractivity contribution in [2.45, 2.75) is 25.1 Å². The van der Waals surface area contributed by atoms with Gasteiger partial charge in [-0.15, -0.1) is 0 Å². The van der Waals surface area contributed by atoms with Gasteiger partial charge in [-0.25, -0.2) is 0 Å². The molecule has 0 atom stereocenters. The van der Waals surface area contributed by atoms with Crippen LogP contribution in [0.5, 0.6) is 5.75 Å². The Bertz CT molecular complexity index is 355. The van der Waals surface area contributed by atoms with Crippen molar-refractivity contribution in [2.24, 2.45) is 0 Å². The summed E-state index contributed by atoms with van der Waals surface area (Å²) in [5.74, 6) is 0.134. The summed E-state index contributed by atoms with van der Waals surface area (Å²) < 4.78 is 0.237. The number of phenols is 1. The van der Waals surface area contributed by atoms with Crippen LogP contribution in [-0.2, 0) is 6.54 Å². The Hall–Kier alpha value is -0.380. The van der Waals surface area contributed by atoms with Gasteiger partial charge in [-0.2, -0.15) is 11.8 Å². The van der Waals surface area contributed by atoms with Crippen LogP contribution in [0.3, 0.4) is 0 Å². The highest BCUT2D eigenvalue weighted by Crippen LogP contribution is 2.24. The van der Waals surface area contributed by atoms with E-state index < -0.39 is 0 Å². The lowest BCUT2D eigenvalue weighted by molar-refractivity contribution is 0.475. The molecule has 4 heteroatoms. The molecule has 2 nitrogen and oxygen atoms in total. The lowest BCUT2D eigenvalue weighted by atomic mass is 10.2.